The molecule has 1 aromatic carbocycles. The number of nitrogens with one attached hydrogen (secondary N) is 2. The number of nitrogens with zero attached hydrogens (tertiary/aromatic N) is 1. The van der Waals surface area contributed by atoms with E-state index >= 15 is 0 Å². The maximum atomic E-state index is 12.1. The molecule has 0 atom stereocenters. The number of aromatic nitrogens is 1. The molecule has 2 rings (SSSR count). The average Bonchev–Trinajstić information content (AvgIpc) is 2.43. The molecule has 0 saturated carbocycles. The van der Waals surface area contributed by atoms with Crippen LogP contribution in [0.5, 0.6) is 0 Å². The zero-order chi connectivity index (χ0) is 15.4. The zero-order valence-corrected chi connectivity index (χ0v) is 15.5. The van der Waals surface area contributed by atoms with Crippen LogP contribution in [-0.4, -0.2) is 16.0 Å². The van der Waals surface area contributed by atoms with Crippen molar-refractivity contribution in [2.24, 2.45) is 0 Å². The third kappa shape index (κ3) is 4.45. The average molecular weight is 476 g/mol. The lowest BCUT2D eigenvalue weighted by Crippen LogP contribution is -2.34. The van der Waals surface area contributed by atoms with Crippen LogP contribution in [0, 0.1) is 10.5 Å². The molecule has 2 N–H and O–H groups in total. The summed E-state index contributed by atoms with van der Waals surface area (Å²) in [7, 11) is 0. The van der Waals surface area contributed by atoms with E-state index in [2.05, 4.69) is 54.1 Å². The van der Waals surface area contributed by atoms with Gasteiger partial charge in [0.25, 0.3) is 5.91 Å². The summed E-state index contributed by atoms with van der Waals surface area (Å²) in [6, 6.07) is 10.9. The third-order valence-electron chi connectivity index (χ3n) is 2.61. The fourth-order valence-electron chi connectivity index (χ4n) is 1.58. The van der Waals surface area contributed by atoms with Gasteiger partial charge in [0.2, 0.25) is 0 Å². The Morgan fingerprint density at radius 1 is 1.29 bits per heavy atom. The Kier molecular flexibility index (Phi) is 5.65. The quantitative estimate of drug-likeness (QED) is 0.511. The van der Waals surface area contributed by atoms with Gasteiger partial charge in [-0.1, -0.05) is 12.1 Å². The normalized spacial score (nSPS) is 10.0. The molecule has 0 radical (unpaired) electrons. The van der Waals surface area contributed by atoms with Crippen LogP contribution in [0.3, 0.4) is 0 Å². The van der Waals surface area contributed by atoms with Crippen molar-refractivity contribution in [1.82, 2.24) is 10.3 Å². The van der Waals surface area contributed by atoms with Gasteiger partial charge < -0.3 is 5.32 Å². The Morgan fingerprint density at radius 3 is 2.67 bits per heavy atom. The predicted octanol–water partition coefficient (Wildman–Crippen LogP) is 3.88. The molecule has 7 heteroatoms. The van der Waals surface area contributed by atoms with Gasteiger partial charge in [0.1, 0.15) is 5.82 Å². The van der Waals surface area contributed by atoms with Crippen molar-refractivity contribution in [3.05, 3.63) is 55.7 Å². The third-order valence-corrected chi connectivity index (χ3v) is 4.64. The molecule has 1 amide bonds. The number of anilines is 1. The van der Waals surface area contributed by atoms with Crippen molar-refractivity contribution in [2.45, 2.75) is 6.92 Å². The van der Waals surface area contributed by atoms with Gasteiger partial charge in [-0.3, -0.25) is 10.1 Å². The van der Waals surface area contributed by atoms with Crippen LogP contribution in [0.1, 0.15) is 16.1 Å². The summed E-state index contributed by atoms with van der Waals surface area (Å²) in [5.74, 6) is 0.326. The van der Waals surface area contributed by atoms with E-state index in [9.17, 15) is 4.79 Å². The predicted molar refractivity (Wildman–Crippen MR) is 99.5 cm³/mol. The van der Waals surface area contributed by atoms with E-state index in [0.717, 1.165) is 9.26 Å². The maximum Gasteiger partial charge on any atom is 0.258 e. The maximum absolute atomic E-state index is 12.1. The van der Waals surface area contributed by atoms with Crippen LogP contribution >= 0.6 is 50.7 Å². The van der Waals surface area contributed by atoms with E-state index in [1.165, 1.54) is 0 Å². The summed E-state index contributed by atoms with van der Waals surface area (Å²) < 4.78 is 1.79. The second-order valence-electron chi connectivity index (χ2n) is 4.15. The number of amides is 1. The highest BCUT2D eigenvalue weighted by molar-refractivity contribution is 14.1. The fourth-order valence-corrected chi connectivity index (χ4v) is 2.54. The first-order valence-electron chi connectivity index (χ1n) is 5.97. The highest BCUT2D eigenvalue weighted by Crippen LogP contribution is 2.16. The van der Waals surface area contributed by atoms with E-state index in [-0.39, 0.29) is 11.0 Å². The molecule has 0 aliphatic rings. The topological polar surface area (TPSA) is 54.0 Å². The highest BCUT2D eigenvalue weighted by Gasteiger charge is 2.11. The molecule has 0 spiro atoms. The van der Waals surface area contributed by atoms with Gasteiger partial charge in [0.05, 0.1) is 11.3 Å². The standard InChI is InChI=1S/C14H11BrIN3OS/c1-8-11(16)6-7-12(17-8)18-14(21)19-13(20)9-4-2-3-5-10(9)15/h2-7H,1H3,(H2,17,18,19,20,21). The summed E-state index contributed by atoms with van der Waals surface area (Å²) in [6.07, 6.45) is 0. The lowest BCUT2D eigenvalue weighted by molar-refractivity contribution is 0.0977. The number of thiocarbonyl (C=S) groups is 1. The molecule has 4 nitrogen and oxygen atoms in total. The summed E-state index contributed by atoms with van der Waals surface area (Å²) in [6.45, 7) is 1.91. The molecule has 0 unspecified atom stereocenters. The Labute approximate surface area is 150 Å². The molecule has 1 aromatic heterocycles. The Hall–Kier alpha value is -1.06. The van der Waals surface area contributed by atoms with Gasteiger partial charge in [-0.05, 0) is 81.9 Å². The van der Waals surface area contributed by atoms with Gasteiger partial charge in [0.15, 0.2) is 5.11 Å². The van der Waals surface area contributed by atoms with Crippen molar-refractivity contribution in [2.75, 3.05) is 5.32 Å². The van der Waals surface area contributed by atoms with Gasteiger partial charge in [0, 0.05) is 8.04 Å². The summed E-state index contributed by atoms with van der Waals surface area (Å²) in [5, 5.41) is 5.74. The number of halogens is 2. The van der Waals surface area contributed by atoms with Crippen LogP contribution in [-0.2, 0) is 0 Å². The fraction of sp³-hybridized carbons (Fsp3) is 0.0714. The molecule has 0 aliphatic heterocycles. The summed E-state index contributed by atoms with van der Waals surface area (Å²) in [4.78, 5) is 16.4. The van der Waals surface area contributed by atoms with Gasteiger partial charge in [-0.25, -0.2) is 4.98 Å². The second-order valence-corrected chi connectivity index (χ2v) is 6.58. The van der Waals surface area contributed by atoms with Crippen LogP contribution in [0.15, 0.2) is 40.9 Å². The molecular weight excluding hydrogens is 465 g/mol. The van der Waals surface area contributed by atoms with E-state index in [1.807, 2.05) is 25.1 Å². The van der Waals surface area contributed by atoms with Crippen LogP contribution in [0.2, 0.25) is 0 Å². The van der Waals surface area contributed by atoms with Crippen molar-refractivity contribution < 1.29 is 4.79 Å². The van der Waals surface area contributed by atoms with Crippen molar-refractivity contribution in [1.29, 1.82) is 0 Å². The van der Waals surface area contributed by atoms with Gasteiger partial charge in [-0.2, -0.15) is 0 Å². The first kappa shape index (κ1) is 16.3. The minimum absolute atomic E-state index is 0.212. The highest BCUT2D eigenvalue weighted by atomic mass is 127. The molecule has 0 saturated heterocycles. The Bertz CT molecular complexity index is 708. The molecular formula is C14H11BrIN3OS. The minimum Gasteiger partial charge on any atom is -0.317 e. The second kappa shape index (κ2) is 7.28. The summed E-state index contributed by atoms with van der Waals surface area (Å²) in [5.41, 5.74) is 1.42. The number of hydrogen-bond acceptors (Lipinski definition) is 3. The van der Waals surface area contributed by atoms with Crippen molar-refractivity contribution in [3.8, 4) is 0 Å². The molecule has 1 heterocycles. The lowest BCUT2D eigenvalue weighted by Gasteiger charge is -2.10. The largest absolute Gasteiger partial charge is 0.317 e. The number of carbonyl (C=O) groups excluding carboxylic acids is 1. The van der Waals surface area contributed by atoms with Gasteiger partial charge in [-0.15, -0.1) is 0 Å². The Morgan fingerprint density at radius 2 is 2.00 bits per heavy atom. The number of benzene rings is 1. The molecule has 0 bridgehead atoms. The molecule has 21 heavy (non-hydrogen) atoms. The Balaban J connectivity index is 2.03. The first-order valence-corrected chi connectivity index (χ1v) is 8.25. The molecule has 108 valence electrons. The molecule has 2 aromatic rings. The van der Waals surface area contributed by atoms with Crippen molar-refractivity contribution in [3.63, 3.8) is 0 Å². The zero-order valence-electron chi connectivity index (χ0n) is 11.0. The van der Waals surface area contributed by atoms with E-state index < -0.39 is 0 Å². The van der Waals surface area contributed by atoms with Crippen LogP contribution < -0.4 is 10.6 Å². The SMILES string of the molecule is Cc1nc(NC(=S)NC(=O)c2ccccc2Br)ccc1I. The smallest absolute Gasteiger partial charge is 0.258 e. The van der Waals surface area contributed by atoms with Crippen molar-refractivity contribution >= 4 is 67.6 Å². The van der Waals surface area contributed by atoms with E-state index in [4.69, 9.17) is 12.2 Å². The number of aryl methyl sites for hydroxylation is 1. The van der Waals surface area contributed by atoms with E-state index in [1.54, 1.807) is 18.2 Å². The van der Waals surface area contributed by atoms with Gasteiger partial charge >= 0.3 is 0 Å². The molecule has 0 aliphatic carbocycles. The minimum atomic E-state index is -0.276. The molecule has 0 fully saturated rings. The lowest BCUT2D eigenvalue weighted by atomic mass is 10.2. The summed E-state index contributed by atoms with van der Waals surface area (Å²) >= 11 is 10.7. The number of hydrogen-bond donors (Lipinski definition) is 2. The van der Waals surface area contributed by atoms with E-state index in [0.29, 0.717) is 15.9 Å². The number of rotatable bonds is 2. The number of carbonyl (C=O) groups is 1. The monoisotopic (exact) mass is 475 g/mol. The first-order chi connectivity index (χ1) is 9.97. The number of pyridine rings is 1. The van der Waals surface area contributed by atoms with Crippen LogP contribution in [0.25, 0.3) is 0 Å². The van der Waals surface area contributed by atoms with Crippen LogP contribution in [0.4, 0.5) is 5.82 Å².